The number of rotatable bonds is 6. The molecule has 2 heteroatoms. The lowest BCUT2D eigenvalue weighted by atomic mass is 9.98. The average Bonchev–Trinajstić information content (AvgIpc) is 2.27. The molecule has 0 saturated carbocycles. The third kappa shape index (κ3) is 4.98. The zero-order chi connectivity index (χ0) is 11.1. The molecule has 1 fully saturated rings. The minimum absolute atomic E-state index is 0.658. The molecule has 1 rings (SSSR count). The van der Waals surface area contributed by atoms with Crippen molar-refractivity contribution in [2.75, 3.05) is 6.54 Å². The van der Waals surface area contributed by atoms with E-state index in [0.717, 1.165) is 6.04 Å². The van der Waals surface area contributed by atoms with Crippen LogP contribution in [0.3, 0.4) is 0 Å². The van der Waals surface area contributed by atoms with Gasteiger partial charge in [-0.1, -0.05) is 20.3 Å². The Balaban J connectivity index is 2.18. The van der Waals surface area contributed by atoms with E-state index in [1.807, 2.05) is 0 Å². The Bertz CT molecular complexity index is 149. The number of hydrogen-bond acceptors (Lipinski definition) is 2. The highest BCUT2D eigenvalue weighted by molar-refractivity contribution is 4.78. The standard InChI is InChI=1S/C13H28N2/c1-4-12(5-2)15-11(3)10-13-8-6-7-9-14-13/h11-15H,4-10H2,1-3H3. The molecule has 0 amide bonds. The molecule has 90 valence electrons. The highest BCUT2D eigenvalue weighted by Gasteiger charge is 2.16. The van der Waals surface area contributed by atoms with Crippen LogP contribution in [0.2, 0.25) is 0 Å². The first-order valence-corrected chi connectivity index (χ1v) is 6.75. The second kappa shape index (κ2) is 7.24. The van der Waals surface area contributed by atoms with Crippen LogP contribution in [0.5, 0.6) is 0 Å². The maximum Gasteiger partial charge on any atom is 0.00817 e. The molecule has 0 spiro atoms. The van der Waals surface area contributed by atoms with Crippen molar-refractivity contribution in [2.24, 2.45) is 0 Å². The second-order valence-corrected chi connectivity index (χ2v) is 4.96. The Labute approximate surface area is 95.2 Å². The molecule has 0 radical (unpaired) electrons. The Morgan fingerprint density at radius 1 is 1.27 bits per heavy atom. The van der Waals surface area contributed by atoms with Crippen LogP contribution in [0.25, 0.3) is 0 Å². The summed E-state index contributed by atoms with van der Waals surface area (Å²) >= 11 is 0. The lowest BCUT2D eigenvalue weighted by Gasteiger charge is -2.28. The summed E-state index contributed by atoms with van der Waals surface area (Å²) in [7, 11) is 0. The summed E-state index contributed by atoms with van der Waals surface area (Å²) in [5.41, 5.74) is 0. The Kier molecular flexibility index (Phi) is 6.26. The first kappa shape index (κ1) is 13.0. The van der Waals surface area contributed by atoms with Gasteiger partial charge < -0.3 is 10.6 Å². The normalized spacial score (nSPS) is 24.4. The molecule has 1 heterocycles. The quantitative estimate of drug-likeness (QED) is 0.707. The summed E-state index contributed by atoms with van der Waals surface area (Å²) < 4.78 is 0. The van der Waals surface area contributed by atoms with Gasteiger partial charge in [-0.05, 0) is 45.6 Å². The van der Waals surface area contributed by atoms with Gasteiger partial charge in [-0.3, -0.25) is 0 Å². The van der Waals surface area contributed by atoms with Gasteiger partial charge in [0.05, 0.1) is 0 Å². The molecule has 0 aromatic rings. The van der Waals surface area contributed by atoms with Crippen molar-refractivity contribution in [1.82, 2.24) is 10.6 Å². The van der Waals surface area contributed by atoms with E-state index in [1.54, 1.807) is 0 Å². The van der Waals surface area contributed by atoms with Crippen molar-refractivity contribution in [3.63, 3.8) is 0 Å². The van der Waals surface area contributed by atoms with Crippen molar-refractivity contribution in [1.29, 1.82) is 0 Å². The lowest BCUT2D eigenvalue weighted by molar-refractivity contribution is 0.324. The molecule has 15 heavy (non-hydrogen) atoms. The predicted octanol–water partition coefficient (Wildman–Crippen LogP) is 2.69. The van der Waals surface area contributed by atoms with E-state index >= 15 is 0 Å². The maximum absolute atomic E-state index is 3.72. The van der Waals surface area contributed by atoms with Gasteiger partial charge in [0.25, 0.3) is 0 Å². The molecule has 1 saturated heterocycles. The number of piperidine rings is 1. The first-order chi connectivity index (χ1) is 7.26. The molecular formula is C13H28N2. The van der Waals surface area contributed by atoms with Crippen molar-refractivity contribution >= 4 is 0 Å². The Morgan fingerprint density at radius 2 is 2.00 bits per heavy atom. The molecule has 2 nitrogen and oxygen atoms in total. The molecule has 0 aromatic heterocycles. The molecule has 2 unspecified atom stereocenters. The Hall–Kier alpha value is -0.0800. The van der Waals surface area contributed by atoms with Crippen LogP contribution in [0.4, 0.5) is 0 Å². The van der Waals surface area contributed by atoms with Crippen LogP contribution in [0.1, 0.15) is 59.3 Å². The van der Waals surface area contributed by atoms with E-state index < -0.39 is 0 Å². The van der Waals surface area contributed by atoms with Crippen LogP contribution < -0.4 is 10.6 Å². The minimum atomic E-state index is 0.658. The van der Waals surface area contributed by atoms with Gasteiger partial charge in [-0.15, -0.1) is 0 Å². The van der Waals surface area contributed by atoms with Crippen LogP contribution in [-0.4, -0.2) is 24.7 Å². The fraction of sp³-hybridized carbons (Fsp3) is 1.00. The van der Waals surface area contributed by atoms with Crippen molar-refractivity contribution < 1.29 is 0 Å². The van der Waals surface area contributed by atoms with Gasteiger partial charge >= 0.3 is 0 Å². The van der Waals surface area contributed by atoms with Crippen molar-refractivity contribution in [2.45, 2.75) is 77.4 Å². The van der Waals surface area contributed by atoms with Gasteiger partial charge in [-0.25, -0.2) is 0 Å². The molecule has 1 aliphatic rings. The summed E-state index contributed by atoms with van der Waals surface area (Å²) in [4.78, 5) is 0. The van der Waals surface area contributed by atoms with E-state index in [4.69, 9.17) is 0 Å². The monoisotopic (exact) mass is 212 g/mol. The van der Waals surface area contributed by atoms with Crippen molar-refractivity contribution in [3.8, 4) is 0 Å². The zero-order valence-corrected chi connectivity index (χ0v) is 10.7. The third-order valence-corrected chi connectivity index (χ3v) is 3.56. The fourth-order valence-electron chi connectivity index (χ4n) is 2.55. The van der Waals surface area contributed by atoms with E-state index in [0.29, 0.717) is 12.1 Å². The van der Waals surface area contributed by atoms with Crippen LogP contribution >= 0.6 is 0 Å². The second-order valence-electron chi connectivity index (χ2n) is 4.96. The molecule has 0 aliphatic carbocycles. The van der Waals surface area contributed by atoms with Crippen LogP contribution in [-0.2, 0) is 0 Å². The smallest absolute Gasteiger partial charge is 0.00817 e. The van der Waals surface area contributed by atoms with Crippen LogP contribution in [0, 0.1) is 0 Å². The summed E-state index contributed by atoms with van der Waals surface area (Å²) in [6, 6.07) is 2.13. The number of nitrogens with one attached hydrogen (secondary N) is 2. The van der Waals surface area contributed by atoms with Gasteiger partial charge in [0, 0.05) is 18.1 Å². The molecule has 2 atom stereocenters. The minimum Gasteiger partial charge on any atom is -0.314 e. The van der Waals surface area contributed by atoms with E-state index in [9.17, 15) is 0 Å². The molecule has 0 aromatic carbocycles. The van der Waals surface area contributed by atoms with E-state index in [-0.39, 0.29) is 0 Å². The van der Waals surface area contributed by atoms with E-state index in [2.05, 4.69) is 31.4 Å². The van der Waals surface area contributed by atoms with Gasteiger partial charge in [0.2, 0.25) is 0 Å². The van der Waals surface area contributed by atoms with E-state index in [1.165, 1.54) is 45.1 Å². The lowest BCUT2D eigenvalue weighted by Crippen LogP contribution is -2.42. The molecular weight excluding hydrogens is 184 g/mol. The van der Waals surface area contributed by atoms with Gasteiger partial charge in [0.1, 0.15) is 0 Å². The molecule has 1 aliphatic heterocycles. The Morgan fingerprint density at radius 3 is 2.53 bits per heavy atom. The van der Waals surface area contributed by atoms with Gasteiger partial charge in [-0.2, -0.15) is 0 Å². The average molecular weight is 212 g/mol. The van der Waals surface area contributed by atoms with Gasteiger partial charge in [0.15, 0.2) is 0 Å². The summed E-state index contributed by atoms with van der Waals surface area (Å²) in [6.07, 6.45) is 7.93. The SMILES string of the molecule is CCC(CC)NC(C)CC1CCCCN1. The molecule has 2 N–H and O–H groups in total. The van der Waals surface area contributed by atoms with Crippen molar-refractivity contribution in [3.05, 3.63) is 0 Å². The summed E-state index contributed by atoms with van der Waals surface area (Å²) in [6.45, 7) is 8.09. The predicted molar refractivity (Wildman–Crippen MR) is 67.2 cm³/mol. The fourth-order valence-corrected chi connectivity index (χ4v) is 2.55. The maximum atomic E-state index is 3.72. The zero-order valence-electron chi connectivity index (χ0n) is 10.7. The topological polar surface area (TPSA) is 24.1 Å². The van der Waals surface area contributed by atoms with Crippen LogP contribution in [0.15, 0.2) is 0 Å². The first-order valence-electron chi connectivity index (χ1n) is 6.75. The highest BCUT2D eigenvalue weighted by atomic mass is 15.0. The molecule has 0 bridgehead atoms. The third-order valence-electron chi connectivity index (χ3n) is 3.56. The summed E-state index contributed by atoms with van der Waals surface area (Å²) in [5.74, 6) is 0. The highest BCUT2D eigenvalue weighted by Crippen LogP contribution is 2.12. The number of hydrogen-bond donors (Lipinski definition) is 2. The summed E-state index contributed by atoms with van der Waals surface area (Å²) in [5, 5.41) is 7.34. The largest absolute Gasteiger partial charge is 0.314 e.